The highest BCUT2D eigenvalue weighted by Gasteiger charge is 2.28. The van der Waals surface area contributed by atoms with Gasteiger partial charge in [-0.25, -0.2) is 8.42 Å². The summed E-state index contributed by atoms with van der Waals surface area (Å²) >= 11 is 0. The molecule has 0 aliphatic heterocycles. The predicted octanol–water partition coefficient (Wildman–Crippen LogP) is 5.65. The Hall–Kier alpha value is -5.16. The van der Waals surface area contributed by atoms with Gasteiger partial charge in [0.05, 0.1) is 26.7 Å². The zero-order valence-electron chi connectivity index (χ0n) is 26.8. The molecule has 1 aliphatic carbocycles. The van der Waals surface area contributed by atoms with E-state index < -0.39 is 10.0 Å². The normalized spacial score (nSPS) is 14.3. The van der Waals surface area contributed by atoms with Crippen molar-refractivity contribution in [3.63, 3.8) is 0 Å². The van der Waals surface area contributed by atoms with Crippen LogP contribution >= 0.6 is 0 Å². The molecule has 10 nitrogen and oxygen atoms in total. The summed E-state index contributed by atoms with van der Waals surface area (Å²) in [4.78, 5) is 33.2. The minimum Gasteiger partial charge on any atom is -0.497 e. The molecule has 11 heteroatoms. The highest BCUT2D eigenvalue weighted by Crippen LogP contribution is 2.37. The smallest absolute Gasteiger partial charge is 0.265 e. The number of ether oxygens (including phenoxy) is 2. The number of nitrogens with zero attached hydrogens (tertiary/aromatic N) is 3. The van der Waals surface area contributed by atoms with Gasteiger partial charge in [0.15, 0.2) is 0 Å². The van der Waals surface area contributed by atoms with Crippen LogP contribution in [0.4, 0.5) is 11.4 Å². The quantitative estimate of drug-likeness (QED) is 0.208. The van der Waals surface area contributed by atoms with Gasteiger partial charge < -0.3 is 19.3 Å². The standard InChI is InChI=1S/C36H38N4O6S/c1-39(29-17-19-37-20-18-29)35(41)16-12-25-11-15-33(46-4)34(22-25)47(43,44)38-28-14-13-27-8-6-10-32(31(27)24-28)40(2)36(42)23-26-7-5-9-30(21-26)45-3/h5,7,9,11-22,24,32,38H,6,8,10,23H2,1-4H3/b16-12+. The first kappa shape index (κ1) is 33.2. The van der Waals surface area contributed by atoms with Gasteiger partial charge in [-0.15, -0.1) is 0 Å². The molecule has 1 heterocycles. The third kappa shape index (κ3) is 7.81. The maximum atomic E-state index is 13.7. The van der Waals surface area contributed by atoms with Crippen LogP contribution in [0.2, 0.25) is 0 Å². The van der Waals surface area contributed by atoms with Crippen molar-refractivity contribution in [3.8, 4) is 11.5 Å². The maximum absolute atomic E-state index is 13.7. The Kier molecular flexibility index (Phi) is 10.3. The van der Waals surface area contributed by atoms with E-state index in [9.17, 15) is 18.0 Å². The minimum absolute atomic E-state index is 0.0397. The molecule has 5 rings (SSSR count). The van der Waals surface area contributed by atoms with Crippen LogP contribution < -0.4 is 19.1 Å². The molecule has 3 aromatic carbocycles. The molecule has 0 bridgehead atoms. The molecule has 1 aliphatic rings. The molecule has 1 unspecified atom stereocenters. The van der Waals surface area contributed by atoms with Crippen LogP contribution in [-0.2, 0) is 32.5 Å². The summed E-state index contributed by atoms with van der Waals surface area (Å²) < 4.78 is 40.9. The number of likely N-dealkylation sites (N-methyl/N-ethyl adjacent to an activating group) is 2. The fourth-order valence-corrected chi connectivity index (χ4v) is 6.94. The summed E-state index contributed by atoms with van der Waals surface area (Å²) in [6.07, 6.45) is 8.87. The molecule has 47 heavy (non-hydrogen) atoms. The van der Waals surface area contributed by atoms with Gasteiger partial charge in [0.1, 0.15) is 16.4 Å². The predicted molar refractivity (Wildman–Crippen MR) is 182 cm³/mol. The zero-order chi connectivity index (χ0) is 33.6. The summed E-state index contributed by atoms with van der Waals surface area (Å²) in [6, 6.07) is 20.8. The number of hydrogen-bond donors (Lipinski definition) is 1. The number of sulfonamides is 1. The van der Waals surface area contributed by atoms with Gasteiger partial charge in [-0.3, -0.25) is 19.3 Å². The first-order valence-electron chi connectivity index (χ1n) is 15.2. The number of aryl methyl sites for hydroxylation is 1. The van der Waals surface area contributed by atoms with E-state index in [1.807, 2.05) is 36.4 Å². The summed E-state index contributed by atoms with van der Waals surface area (Å²) in [5.74, 6) is 0.527. The first-order valence-corrected chi connectivity index (χ1v) is 16.7. The summed E-state index contributed by atoms with van der Waals surface area (Å²) in [5, 5.41) is 0. The molecule has 1 aromatic heterocycles. The minimum atomic E-state index is -4.11. The van der Waals surface area contributed by atoms with Crippen LogP contribution in [0.1, 0.15) is 41.1 Å². The Labute approximate surface area is 275 Å². The van der Waals surface area contributed by atoms with Crippen molar-refractivity contribution in [1.82, 2.24) is 9.88 Å². The Balaban J connectivity index is 1.35. The van der Waals surface area contributed by atoms with Gasteiger partial charge >= 0.3 is 0 Å². The van der Waals surface area contributed by atoms with E-state index in [4.69, 9.17) is 9.47 Å². The third-order valence-electron chi connectivity index (χ3n) is 8.31. The average Bonchev–Trinajstić information content (AvgIpc) is 3.09. The van der Waals surface area contributed by atoms with Crippen molar-refractivity contribution in [3.05, 3.63) is 114 Å². The fourth-order valence-electron chi connectivity index (χ4n) is 5.69. The van der Waals surface area contributed by atoms with E-state index in [-0.39, 0.29) is 34.9 Å². The number of anilines is 2. The second-order valence-electron chi connectivity index (χ2n) is 11.3. The van der Waals surface area contributed by atoms with Crippen molar-refractivity contribution in [1.29, 1.82) is 0 Å². The second-order valence-corrected chi connectivity index (χ2v) is 13.0. The second kappa shape index (κ2) is 14.5. The number of rotatable bonds is 11. The number of aromatic nitrogens is 1. The summed E-state index contributed by atoms with van der Waals surface area (Å²) in [5.41, 5.74) is 4.41. The van der Waals surface area contributed by atoms with Gasteiger partial charge in [-0.2, -0.15) is 0 Å². The van der Waals surface area contributed by atoms with Crippen LogP contribution in [0.25, 0.3) is 6.08 Å². The highest BCUT2D eigenvalue weighted by atomic mass is 32.2. The fraction of sp³-hybridized carbons (Fsp3) is 0.250. The van der Waals surface area contributed by atoms with E-state index in [2.05, 4.69) is 9.71 Å². The van der Waals surface area contributed by atoms with E-state index in [1.165, 1.54) is 24.2 Å². The summed E-state index contributed by atoms with van der Waals surface area (Å²) in [7, 11) is 2.33. The number of fused-ring (bicyclic) bond motifs is 1. The number of carbonyl (C=O) groups is 2. The lowest BCUT2D eigenvalue weighted by Crippen LogP contribution is -2.34. The molecular weight excluding hydrogens is 616 g/mol. The number of pyridine rings is 1. The number of methoxy groups -OCH3 is 2. The number of carbonyl (C=O) groups excluding carboxylic acids is 2. The molecular formula is C36H38N4O6S. The first-order chi connectivity index (χ1) is 22.6. The molecule has 2 amide bonds. The molecule has 1 N–H and O–H groups in total. The lowest BCUT2D eigenvalue weighted by atomic mass is 9.86. The van der Waals surface area contributed by atoms with E-state index in [0.29, 0.717) is 22.7 Å². The average molecular weight is 655 g/mol. The van der Waals surface area contributed by atoms with Crippen molar-refractivity contribution in [2.75, 3.05) is 37.9 Å². The Bertz CT molecular complexity index is 1890. The van der Waals surface area contributed by atoms with Crippen molar-refractivity contribution in [2.45, 2.75) is 36.6 Å². The molecule has 0 spiro atoms. The maximum Gasteiger partial charge on any atom is 0.265 e. The van der Waals surface area contributed by atoms with Crippen LogP contribution in [0.3, 0.4) is 0 Å². The zero-order valence-corrected chi connectivity index (χ0v) is 27.7. The van der Waals surface area contributed by atoms with Crippen LogP contribution in [0, 0.1) is 0 Å². The molecule has 1 atom stereocenters. The monoisotopic (exact) mass is 654 g/mol. The van der Waals surface area contributed by atoms with Gasteiger partial charge in [0.2, 0.25) is 5.91 Å². The summed E-state index contributed by atoms with van der Waals surface area (Å²) in [6.45, 7) is 0. The van der Waals surface area contributed by atoms with Gasteiger partial charge in [-0.05, 0) is 96.1 Å². The number of hydrogen-bond acceptors (Lipinski definition) is 7. The Morgan fingerprint density at radius 3 is 2.51 bits per heavy atom. The largest absolute Gasteiger partial charge is 0.497 e. The Morgan fingerprint density at radius 2 is 1.77 bits per heavy atom. The molecule has 244 valence electrons. The van der Waals surface area contributed by atoms with Gasteiger partial charge in [0.25, 0.3) is 15.9 Å². The highest BCUT2D eigenvalue weighted by molar-refractivity contribution is 7.92. The van der Waals surface area contributed by atoms with Crippen LogP contribution in [-0.4, -0.2) is 58.4 Å². The number of amides is 2. The molecule has 0 saturated heterocycles. The van der Waals surface area contributed by atoms with E-state index in [0.717, 1.165) is 36.0 Å². The van der Waals surface area contributed by atoms with Crippen molar-refractivity contribution < 1.29 is 27.5 Å². The van der Waals surface area contributed by atoms with Crippen molar-refractivity contribution >= 4 is 39.3 Å². The molecule has 0 saturated carbocycles. The molecule has 0 radical (unpaired) electrons. The molecule has 4 aromatic rings. The van der Waals surface area contributed by atoms with Gasteiger partial charge in [0, 0.05) is 43.9 Å². The van der Waals surface area contributed by atoms with E-state index in [1.54, 1.807) is 74.9 Å². The van der Waals surface area contributed by atoms with Crippen LogP contribution in [0.5, 0.6) is 11.5 Å². The molecule has 0 fully saturated rings. The lowest BCUT2D eigenvalue weighted by Gasteiger charge is -2.34. The van der Waals surface area contributed by atoms with Crippen molar-refractivity contribution in [2.24, 2.45) is 0 Å². The van der Waals surface area contributed by atoms with Crippen LogP contribution in [0.15, 0.2) is 96.2 Å². The Morgan fingerprint density at radius 1 is 0.979 bits per heavy atom. The topological polar surface area (TPSA) is 118 Å². The third-order valence-corrected chi connectivity index (χ3v) is 9.71. The number of nitrogens with one attached hydrogen (secondary N) is 1. The van der Waals surface area contributed by atoms with Gasteiger partial charge in [-0.1, -0.05) is 24.3 Å². The number of benzene rings is 3. The SMILES string of the molecule is COc1cccc(CC(=O)N(C)C2CCCc3ccc(NS(=O)(=O)c4cc(/C=C/C(=O)N(C)c5ccncc5)ccc4OC)cc32)c1. The van der Waals surface area contributed by atoms with E-state index >= 15 is 0 Å². The lowest BCUT2D eigenvalue weighted by molar-refractivity contribution is -0.131.